The van der Waals surface area contributed by atoms with Gasteiger partial charge in [0.15, 0.2) is 0 Å². The van der Waals surface area contributed by atoms with Crippen LogP contribution in [0.4, 0.5) is 20.6 Å². The molecule has 2 aromatic carbocycles. The number of aryl methyl sites for hydroxylation is 1. The second kappa shape index (κ2) is 10.1. The number of benzene rings is 2. The van der Waals surface area contributed by atoms with Crippen LogP contribution in [0.5, 0.6) is 0 Å². The van der Waals surface area contributed by atoms with Crippen LogP contribution in [0, 0.1) is 12.7 Å². The van der Waals surface area contributed by atoms with Gasteiger partial charge in [0.25, 0.3) is 0 Å². The number of anilines is 2. The minimum Gasteiger partial charge on any atom is -0.368 e. The molecule has 0 saturated carbocycles. The zero-order valence-corrected chi connectivity index (χ0v) is 18.7. The summed E-state index contributed by atoms with van der Waals surface area (Å²) in [7, 11) is 0. The maximum atomic E-state index is 13.4. The number of carbonyl (C=O) groups excluding carboxylic acids is 1. The fourth-order valence-electron chi connectivity index (χ4n) is 3.92. The summed E-state index contributed by atoms with van der Waals surface area (Å²) in [6, 6.07) is 12.7. The number of nitrogens with one attached hydrogen (secondary N) is 2. The van der Waals surface area contributed by atoms with E-state index in [0.29, 0.717) is 6.54 Å². The van der Waals surface area contributed by atoms with Gasteiger partial charge in [-0.15, -0.1) is 11.3 Å². The molecule has 0 atom stereocenters. The fraction of sp³-hybridized carbons (Fsp3) is 0.375. The van der Waals surface area contributed by atoms with Gasteiger partial charge in [-0.1, -0.05) is 17.7 Å². The maximum Gasteiger partial charge on any atom is 0.319 e. The summed E-state index contributed by atoms with van der Waals surface area (Å²) in [6.45, 7) is 7.77. The van der Waals surface area contributed by atoms with Gasteiger partial charge in [-0.2, -0.15) is 0 Å². The molecule has 1 aliphatic rings. The van der Waals surface area contributed by atoms with Gasteiger partial charge in [0.05, 0.1) is 5.69 Å². The molecule has 31 heavy (non-hydrogen) atoms. The first kappa shape index (κ1) is 21.6. The van der Waals surface area contributed by atoms with Gasteiger partial charge in [-0.25, -0.2) is 9.18 Å². The quantitative estimate of drug-likeness (QED) is 0.504. The molecule has 7 heteroatoms. The first-order valence-corrected chi connectivity index (χ1v) is 11.7. The number of amides is 2. The molecule has 0 aliphatic carbocycles. The van der Waals surface area contributed by atoms with E-state index in [0.717, 1.165) is 61.3 Å². The van der Waals surface area contributed by atoms with Gasteiger partial charge in [-0.3, -0.25) is 4.90 Å². The van der Waals surface area contributed by atoms with Crippen LogP contribution < -0.4 is 15.5 Å². The molecule has 0 radical (unpaired) electrons. The highest BCUT2D eigenvalue weighted by atomic mass is 32.1. The molecule has 0 bridgehead atoms. The molecule has 4 rings (SSSR count). The Morgan fingerprint density at radius 1 is 1.06 bits per heavy atom. The molecule has 2 amide bonds. The standard InChI is InChI=1S/C24H29FN4OS/c1-18-4-7-20(8-5-18)27-24(30)26-10-2-3-11-28-12-14-29(15-13-28)22-17-31-23-16-19(25)6-9-21(22)23/h4-9,16-17H,2-3,10-15H2,1H3,(H2,26,27,30). The Morgan fingerprint density at radius 2 is 1.84 bits per heavy atom. The monoisotopic (exact) mass is 440 g/mol. The minimum absolute atomic E-state index is 0.152. The van der Waals surface area contributed by atoms with E-state index >= 15 is 0 Å². The molecular weight excluding hydrogens is 411 g/mol. The molecule has 1 saturated heterocycles. The number of hydrogen-bond donors (Lipinski definition) is 2. The zero-order chi connectivity index (χ0) is 21.6. The van der Waals surface area contributed by atoms with Crippen molar-refractivity contribution >= 4 is 38.8 Å². The Bertz CT molecular complexity index is 1010. The number of hydrogen-bond acceptors (Lipinski definition) is 4. The maximum absolute atomic E-state index is 13.4. The SMILES string of the molecule is Cc1ccc(NC(=O)NCCCCN2CCN(c3csc4cc(F)ccc34)CC2)cc1. The van der Waals surface area contributed by atoms with Gasteiger partial charge in [-0.05, 0) is 56.6 Å². The molecule has 0 spiro atoms. The van der Waals surface area contributed by atoms with Crippen molar-refractivity contribution in [3.05, 3.63) is 59.2 Å². The van der Waals surface area contributed by atoms with Crippen molar-refractivity contribution in [2.24, 2.45) is 0 Å². The highest BCUT2D eigenvalue weighted by Gasteiger charge is 2.19. The van der Waals surface area contributed by atoms with Crippen molar-refractivity contribution in [1.29, 1.82) is 0 Å². The van der Waals surface area contributed by atoms with Crippen molar-refractivity contribution in [1.82, 2.24) is 10.2 Å². The number of urea groups is 1. The molecule has 2 N–H and O–H groups in total. The highest BCUT2D eigenvalue weighted by Crippen LogP contribution is 2.34. The highest BCUT2D eigenvalue weighted by molar-refractivity contribution is 7.17. The number of thiophene rings is 1. The van der Waals surface area contributed by atoms with E-state index in [2.05, 4.69) is 25.8 Å². The zero-order valence-electron chi connectivity index (χ0n) is 17.9. The van der Waals surface area contributed by atoms with Crippen LogP contribution in [-0.2, 0) is 0 Å². The van der Waals surface area contributed by atoms with E-state index in [1.54, 1.807) is 23.5 Å². The largest absolute Gasteiger partial charge is 0.368 e. The molecular formula is C24H29FN4OS. The first-order chi connectivity index (χ1) is 15.1. The Morgan fingerprint density at radius 3 is 2.61 bits per heavy atom. The number of nitrogens with zero attached hydrogens (tertiary/aromatic N) is 2. The van der Waals surface area contributed by atoms with Crippen LogP contribution in [0.1, 0.15) is 18.4 Å². The number of halogens is 1. The summed E-state index contributed by atoms with van der Waals surface area (Å²) in [4.78, 5) is 16.9. The number of piperazine rings is 1. The molecule has 1 aliphatic heterocycles. The molecule has 2 heterocycles. The second-order valence-electron chi connectivity index (χ2n) is 8.04. The average molecular weight is 441 g/mol. The van der Waals surface area contributed by atoms with E-state index in [1.807, 2.05) is 37.3 Å². The van der Waals surface area contributed by atoms with E-state index in [1.165, 1.54) is 11.3 Å². The van der Waals surface area contributed by atoms with E-state index in [4.69, 9.17) is 0 Å². The molecule has 1 fully saturated rings. The number of carbonyl (C=O) groups is 1. The van der Waals surface area contributed by atoms with Crippen LogP contribution in [0.3, 0.4) is 0 Å². The number of unbranched alkanes of at least 4 members (excludes halogenated alkanes) is 1. The fourth-order valence-corrected chi connectivity index (χ4v) is 4.91. The molecule has 1 aromatic heterocycles. The Balaban J connectivity index is 1.13. The lowest BCUT2D eigenvalue weighted by Gasteiger charge is -2.35. The van der Waals surface area contributed by atoms with Gasteiger partial charge in [0, 0.05) is 53.9 Å². The van der Waals surface area contributed by atoms with E-state index < -0.39 is 0 Å². The normalized spacial score (nSPS) is 14.7. The van der Waals surface area contributed by atoms with Gasteiger partial charge in [0.1, 0.15) is 5.82 Å². The predicted molar refractivity (Wildman–Crippen MR) is 128 cm³/mol. The third-order valence-electron chi connectivity index (χ3n) is 5.73. The second-order valence-corrected chi connectivity index (χ2v) is 8.96. The number of rotatable bonds is 7. The lowest BCUT2D eigenvalue weighted by atomic mass is 10.2. The lowest BCUT2D eigenvalue weighted by molar-refractivity contribution is 0.247. The van der Waals surface area contributed by atoms with Crippen molar-refractivity contribution in [3.8, 4) is 0 Å². The summed E-state index contributed by atoms with van der Waals surface area (Å²) in [5.74, 6) is -0.173. The smallest absolute Gasteiger partial charge is 0.319 e. The van der Waals surface area contributed by atoms with Crippen molar-refractivity contribution < 1.29 is 9.18 Å². The van der Waals surface area contributed by atoms with Crippen LogP contribution in [-0.4, -0.2) is 50.2 Å². The third kappa shape index (κ3) is 5.74. The van der Waals surface area contributed by atoms with Crippen molar-refractivity contribution in [2.45, 2.75) is 19.8 Å². The molecule has 5 nitrogen and oxygen atoms in total. The van der Waals surface area contributed by atoms with E-state index in [9.17, 15) is 9.18 Å². The number of fused-ring (bicyclic) bond motifs is 1. The van der Waals surface area contributed by atoms with Crippen LogP contribution in [0.25, 0.3) is 10.1 Å². The third-order valence-corrected chi connectivity index (χ3v) is 6.66. The van der Waals surface area contributed by atoms with Crippen LogP contribution in [0.2, 0.25) is 0 Å². The van der Waals surface area contributed by atoms with E-state index in [-0.39, 0.29) is 11.8 Å². The summed E-state index contributed by atoms with van der Waals surface area (Å²) >= 11 is 1.61. The van der Waals surface area contributed by atoms with Gasteiger partial charge in [0.2, 0.25) is 0 Å². The van der Waals surface area contributed by atoms with Gasteiger partial charge < -0.3 is 15.5 Å². The molecule has 164 valence electrons. The van der Waals surface area contributed by atoms with Crippen LogP contribution >= 0.6 is 11.3 Å². The molecule has 3 aromatic rings. The average Bonchev–Trinajstić information content (AvgIpc) is 3.18. The Kier molecular flexibility index (Phi) is 7.04. The summed E-state index contributed by atoms with van der Waals surface area (Å²) in [5, 5.41) is 9.08. The lowest BCUT2D eigenvalue weighted by Crippen LogP contribution is -2.46. The summed E-state index contributed by atoms with van der Waals surface area (Å²) in [5.41, 5.74) is 3.21. The van der Waals surface area contributed by atoms with Crippen molar-refractivity contribution in [3.63, 3.8) is 0 Å². The summed E-state index contributed by atoms with van der Waals surface area (Å²) in [6.07, 6.45) is 2.02. The van der Waals surface area contributed by atoms with Crippen LogP contribution in [0.15, 0.2) is 47.8 Å². The predicted octanol–water partition coefficient (Wildman–Crippen LogP) is 5.07. The minimum atomic E-state index is -0.173. The molecule has 0 unspecified atom stereocenters. The van der Waals surface area contributed by atoms with Gasteiger partial charge >= 0.3 is 6.03 Å². The topological polar surface area (TPSA) is 47.6 Å². The summed E-state index contributed by atoms with van der Waals surface area (Å²) < 4.78 is 14.4. The first-order valence-electron chi connectivity index (χ1n) is 10.8. The van der Waals surface area contributed by atoms with Crippen molar-refractivity contribution in [2.75, 3.05) is 49.5 Å². The Labute approximate surface area is 186 Å². The Hall–Kier alpha value is -2.64.